The molecule has 0 atom stereocenters. The smallest absolute Gasteiger partial charge is 0.374 e. The summed E-state index contributed by atoms with van der Waals surface area (Å²) in [6.07, 6.45) is 6.61. The Morgan fingerprint density at radius 1 is 1.18 bits per heavy atom. The third-order valence-electron chi connectivity index (χ3n) is 5.36. The maximum absolute atomic E-state index is 11.0. The lowest BCUT2D eigenvalue weighted by Crippen LogP contribution is -2.33. The van der Waals surface area contributed by atoms with Crippen LogP contribution in [0.15, 0.2) is 58.8 Å². The topological polar surface area (TPSA) is 86.7 Å². The molecule has 33 heavy (non-hydrogen) atoms. The molecule has 0 spiro atoms. The van der Waals surface area contributed by atoms with Gasteiger partial charge in [0.1, 0.15) is 12.4 Å². The van der Waals surface area contributed by atoms with Crippen molar-refractivity contribution in [1.29, 1.82) is 0 Å². The Morgan fingerprint density at radius 3 is 2.70 bits per heavy atom. The fourth-order valence-corrected chi connectivity index (χ4v) is 4.74. The summed E-state index contributed by atoms with van der Waals surface area (Å²) in [4.78, 5) is 2.01. The summed E-state index contributed by atoms with van der Waals surface area (Å²) >= 11 is 12.4. The van der Waals surface area contributed by atoms with Crippen LogP contribution in [0.3, 0.4) is 0 Å². The van der Waals surface area contributed by atoms with Crippen LogP contribution in [0.25, 0.3) is 17.2 Å². The fourth-order valence-electron chi connectivity index (χ4n) is 3.85. The average molecular weight is 509 g/mol. The number of allylic oxidation sites excluding steroid dienone is 2. The van der Waals surface area contributed by atoms with Crippen molar-refractivity contribution in [2.45, 2.75) is 26.3 Å². The summed E-state index contributed by atoms with van der Waals surface area (Å²) in [5.41, 5.74) is 3.51. The molecule has 0 bridgehead atoms. The Morgan fingerprint density at radius 2 is 1.94 bits per heavy atom. The van der Waals surface area contributed by atoms with E-state index in [2.05, 4.69) is 16.8 Å². The molecule has 0 saturated carbocycles. The molecule has 0 amide bonds. The molecule has 2 N–H and O–H groups in total. The van der Waals surface area contributed by atoms with E-state index in [1.165, 1.54) is 0 Å². The number of anilines is 2. The predicted molar refractivity (Wildman–Crippen MR) is 132 cm³/mol. The van der Waals surface area contributed by atoms with Gasteiger partial charge in [-0.3, -0.25) is 4.55 Å². The maximum Gasteiger partial charge on any atom is 0.374 e. The summed E-state index contributed by atoms with van der Waals surface area (Å²) in [5, 5.41) is 4.21. The molecular formula is C23H24Cl2N3O4S+. The molecule has 3 aromatic rings. The van der Waals surface area contributed by atoms with E-state index in [9.17, 15) is 8.42 Å². The number of benzene rings is 2. The van der Waals surface area contributed by atoms with Crippen LogP contribution in [0.5, 0.6) is 0 Å². The summed E-state index contributed by atoms with van der Waals surface area (Å²) in [7, 11) is -3.98. The highest BCUT2D eigenvalue weighted by atomic mass is 35.5. The van der Waals surface area contributed by atoms with Gasteiger partial charge in [-0.25, -0.2) is 0 Å². The molecule has 1 aromatic heterocycles. The Bertz CT molecular complexity index is 1350. The zero-order chi connectivity index (χ0) is 23.6. The predicted octanol–water partition coefficient (Wildman–Crippen LogP) is 5.50. The molecule has 0 unspecified atom stereocenters. The van der Waals surface area contributed by atoms with Crippen LogP contribution in [0, 0.1) is 0 Å². The Kier molecular flexibility index (Phi) is 6.99. The van der Waals surface area contributed by atoms with Crippen LogP contribution in [-0.2, 0) is 16.7 Å². The monoisotopic (exact) mass is 508 g/mol. The second kappa shape index (κ2) is 9.77. The number of oxazole rings is 1. The first-order chi connectivity index (χ1) is 15.8. The summed E-state index contributed by atoms with van der Waals surface area (Å²) in [6, 6.07) is 11.4. The fraction of sp³-hybridized carbons (Fsp3) is 0.261. The minimum atomic E-state index is -3.98. The largest absolute Gasteiger partial charge is 0.398 e. The van der Waals surface area contributed by atoms with Gasteiger partial charge in [0.05, 0.1) is 33.2 Å². The van der Waals surface area contributed by atoms with Crippen LogP contribution in [-0.4, -0.2) is 25.3 Å². The molecule has 10 heteroatoms. The molecular weight excluding hydrogens is 485 g/mol. The van der Waals surface area contributed by atoms with Gasteiger partial charge in [-0.15, -0.1) is 0 Å². The van der Waals surface area contributed by atoms with Gasteiger partial charge >= 0.3 is 5.89 Å². The molecule has 4 rings (SSSR count). The van der Waals surface area contributed by atoms with Crippen molar-refractivity contribution in [3.05, 3.63) is 70.3 Å². The van der Waals surface area contributed by atoms with Crippen LogP contribution in [0.1, 0.15) is 25.7 Å². The normalized spacial score (nSPS) is 15.0. The molecule has 0 fully saturated rings. The van der Waals surface area contributed by atoms with E-state index in [1.54, 1.807) is 12.1 Å². The van der Waals surface area contributed by atoms with Gasteiger partial charge < -0.3 is 14.6 Å². The van der Waals surface area contributed by atoms with Gasteiger partial charge in [-0.1, -0.05) is 35.3 Å². The first-order valence-corrected chi connectivity index (χ1v) is 12.9. The van der Waals surface area contributed by atoms with Crippen molar-refractivity contribution in [3.8, 4) is 0 Å². The molecule has 2 heterocycles. The molecule has 0 aliphatic carbocycles. The van der Waals surface area contributed by atoms with E-state index in [0.717, 1.165) is 40.7 Å². The Balaban J connectivity index is 1.59. The molecule has 174 valence electrons. The highest BCUT2D eigenvalue weighted by Gasteiger charge is 2.25. The highest BCUT2D eigenvalue weighted by Crippen LogP contribution is 2.41. The minimum Gasteiger partial charge on any atom is -0.398 e. The molecule has 0 radical (unpaired) electrons. The van der Waals surface area contributed by atoms with Crippen LogP contribution < -0.4 is 14.8 Å². The second-order valence-electron chi connectivity index (χ2n) is 7.62. The second-order valence-corrected chi connectivity index (χ2v) is 10.0. The number of fused-ring (bicyclic) bond motifs is 2. The number of rotatable bonds is 8. The van der Waals surface area contributed by atoms with Crippen molar-refractivity contribution >= 4 is 61.9 Å². The first-order valence-electron chi connectivity index (χ1n) is 10.6. The van der Waals surface area contributed by atoms with Crippen molar-refractivity contribution < 1.29 is 22.0 Å². The van der Waals surface area contributed by atoms with Crippen molar-refractivity contribution in [2.24, 2.45) is 0 Å². The molecule has 2 aromatic carbocycles. The lowest BCUT2D eigenvalue weighted by atomic mass is 10.2. The maximum atomic E-state index is 11.0. The molecule has 1 aliphatic heterocycles. The Labute approximate surface area is 202 Å². The highest BCUT2D eigenvalue weighted by molar-refractivity contribution is 7.85. The SMILES string of the molecule is CC[n+]1c(/C=C/C=C2/Nc3cc(Cl)c(Cl)cc3N2CCCCS(=O)(=O)O)oc2ccccc21. The number of nitrogens with one attached hydrogen (secondary N) is 1. The third-order valence-corrected chi connectivity index (χ3v) is 6.89. The van der Waals surface area contributed by atoms with Crippen LogP contribution in [0.2, 0.25) is 10.0 Å². The molecule has 1 aliphatic rings. The van der Waals surface area contributed by atoms with Gasteiger partial charge in [0.15, 0.2) is 0 Å². The van der Waals surface area contributed by atoms with E-state index < -0.39 is 10.1 Å². The third kappa shape index (κ3) is 5.35. The zero-order valence-corrected chi connectivity index (χ0v) is 20.3. The first kappa shape index (κ1) is 23.6. The standard InChI is InChI=1S/C23H23Cl2N3O4S/c1-2-27-19-8-3-4-9-21(19)32-23(27)11-7-10-22-26-18-14-16(24)17(25)15-20(18)28(22)12-5-6-13-33(29,30)31/h3-4,7-11,14-15H,2,5-6,12-13H2,1H3,(H,29,30,31)/p+1. The van der Waals surface area contributed by atoms with E-state index in [-0.39, 0.29) is 5.75 Å². The Hall–Kier alpha value is -2.52. The van der Waals surface area contributed by atoms with E-state index in [1.807, 2.05) is 47.4 Å². The van der Waals surface area contributed by atoms with E-state index >= 15 is 0 Å². The van der Waals surface area contributed by atoms with Gasteiger partial charge in [0.25, 0.3) is 15.6 Å². The van der Waals surface area contributed by atoms with Gasteiger partial charge in [-0.2, -0.15) is 13.0 Å². The number of nitrogens with zero attached hydrogens (tertiary/aromatic N) is 2. The van der Waals surface area contributed by atoms with Crippen LogP contribution >= 0.6 is 23.2 Å². The lowest BCUT2D eigenvalue weighted by Gasteiger charge is -2.20. The van der Waals surface area contributed by atoms with Crippen molar-refractivity contribution in [3.63, 3.8) is 0 Å². The minimum absolute atomic E-state index is 0.273. The van der Waals surface area contributed by atoms with E-state index in [4.69, 9.17) is 32.2 Å². The number of halogens is 2. The number of hydrogen-bond acceptors (Lipinski definition) is 5. The number of aromatic nitrogens is 1. The summed E-state index contributed by atoms with van der Waals surface area (Å²) < 4.78 is 39.1. The molecule has 7 nitrogen and oxygen atoms in total. The van der Waals surface area contributed by atoms with Gasteiger partial charge in [0.2, 0.25) is 5.58 Å². The number of hydrogen-bond donors (Lipinski definition) is 2. The zero-order valence-electron chi connectivity index (χ0n) is 18.0. The van der Waals surface area contributed by atoms with Crippen LogP contribution in [0.4, 0.5) is 11.4 Å². The number of para-hydroxylation sites is 2. The number of aryl methyl sites for hydroxylation is 1. The number of unbranched alkanes of at least 4 members (excludes halogenated alkanes) is 1. The van der Waals surface area contributed by atoms with Crippen molar-refractivity contribution in [1.82, 2.24) is 0 Å². The van der Waals surface area contributed by atoms with Gasteiger partial charge in [-0.05, 0) is 50.1 Å². The van der Waals surface area contributed by atoms with Gasteiger partial charge in [0, 0.05) is 12.6 Å². The quantitative estimate of drug-likeness (QED) is 0.237. The molecule has 0 saturated heterocycles. The van der Waals surface area contributed by atoms with E-state index in [0.29, 0.717) is 29.4 Å². The average Bonchev–Trinajstić information content (AvgIpc) is 3.28. The summed E-state index contributed by atoms with van der Waals surface area (Å²) in [5.74, 6) is 1.26. The van der Waals surface area contributed by atoms with Crippen molar-refractivity contribution in [2.75, 3.05) is 22.5 Å². The lowest BCUT2D eigenvalue weighted by molar-refractivity contribution is -0.674. The summed E-state index contributed by atoms with van der Waals surface area (Å²) in [6.45, 7) is 3.37.